The molecule has 0 amide bonds. The summed E-state index contributed by atoms with van der Waals surface area (Å²) in [5, 5.41) is 6.54. The molecule has 2 heterocycles. The number of nitrogens with zero attached hydrogens (tertiary/aromatic N) is 3. The predicted octanol–water partition coefficient (Wildman–Crippen LogP) is 4.57. The van der Waals surface area contributed by atoms with E-state index in [9.17, 15) is 0 Å². The average Bonchev–Trinajstić information content (AvgIpc) is 3.24. The minimum Gasteiger partial charge on any atom is -0.497 e. The van der Waals surface area contributed by atoms with Gasteiger partial charge in [-0.15, -0.1) is 0 Å². The van der Waals surface area contributed by atoms with Crippen LogP contribution in [0.1, 0.15) is 12.8 Å². The molecule has 0 saturated carbocycles. The first kappa shape index (κ1) is 17.1. The SMILES string of the molecule is COc1cccc(Nc2nccc(Nc3ccc(N4CCCC4)cc3)n2)c1. The van der Waals surface area contributed by atoms with Crippen LogP contribution in [0.2, 0.25) is 0 Å². The van der Waals surface area contributed by atoms with Gasteiger partial charge in [0.25, 0.3) is 0 Å². The Labute approximate surface area is 159 Å². The molecule has 1 fully saturated rings. The molecule has 1 aliphatic heterocycles. The number of hydrogen-bond acceptors (Lipinski definition) is 6. The highest BCUT2D eigenvalue weighted by Gasteiger charge is 2.11. The fourth-order valence-corrected chi connectivity index (χ4v) is 3.20. The zero-order valence-electron chi connectivity index (χ0n) is 15.4. The third-order valence-electron chi connectivity index (χ3n) is 4.59. The van der Waals surface area contributed by atoms with E-state index in [1.54, 1.807) is 13.3 Å². The lowest BCUT2D eigenvalue weighted by Gasteiger charge is -2.18. The van der Waals surface area contributed by atoms with Gasteiger partial charge < -0.3 is 20.3 Å². The number of nitrogens with one attached hydrogen (secondary N) is 2. The van der Waals surface area contributed by atoms with Crippen LogP contribution >= 0.6 is 0 Å². The summed E-state index contributed by atoms with van der Waals surface area (Å²) in [6.07, 6.45) is 4.30. The van der Waals surface area contributed by atoms with Gasteiger partial charge in [0.2, 0.25) is 5.95 Å². The molecule has 0 atom stereocenters. The van der Waals surface area contributed by atoms with E-state index in [0.717, 1.165) is 36.0 Å². The fraction of sp³-hybridized carbons (Fsp3) is 0.238. The van der Waals surface area contributed by atoms with Gasteiger partial charge in [-0.2, -0.15) is 4.98 Å². The zero-order valence-corrected chi connectivity index (χ0v) is 15.4. The van der Waals surface area contributed by atoms with Crippen molar-refractivity contribution >= 4 is 28.8 Å². The number of benzene rings is 2. The highest BCUT2D eigenvalue weighted by atomic mass is 16.5. The van der Waals surface area contributed by atoms with Crippen LogP contribution < -0.4 is 20.3 Å². The molecule has 3 aromatic rings. The second-order valence-corrected chi connectivity index (χ2v) is 6.49. The Balaban J connectivity index is 1.44. The highest BCUT2D eigenvalue weighted by molar-refractivity contribution is 5.62. The molecule has 2 N–H and O–H groups in total. The third kappa shape index (κ3) is 4.28. The summed E-state index contributed by atoms with van der Waals surface area (Å²) >= 11 is 0. The van der Waals surface area contributed by atoms with Crippen molar-refractivity contribution in [2.24, 2.45) is 0 Å². The average molecular weight is 361 g/mol. The molecule has 138 valence electrons. The Morgan fingerprint density at radius 1 is 0.926 bits per heavy atom. The van der Waals surface area contributed by atoms with Gasteiger partial charge in [0.15, 0.2) is 0 Å². The van der Waals surface area contributed by atoms with Crippen LogP contribution in [-0.2, 0) is 0 Å². The summed E-state index contributed by atoms with van der Waals surface area (Å²) < 4.78 is 5.25. The molecule has 0 radical (unpaired) electrons. The second kappa shape index (κ2) is 7.95. The Hall–Kier alpha value is -3.28. The quantitative estimate of drug-likeness (QED) is 0.670. The van der Waals surface area contributed by atoms with Crippen LogP contribution in [0.3, 0.4) is 0 Å². The maximum absolute atomic E-state index is 5.25. The lowest BCUT2D eigenvalue weighted by atomic mass is 10.2. The van der Waals surface area contributed by atoms with E-state index in [1.165, 1.54) is 18.5 Å². The number of anilines is 5. The Bertz CT molecular complexity index is 891. The van der Waals surface area contributed by atoms with Gasteiger partial charge in [-0.25, -0.2) is 4.98 Å². The smallest absolute Gasteiger partial charge is 0.229 e. The molecule has 0 bridgehead atoms. The largest absolute Gasteiger partial charge is 0.497 e. The molecule has 6 heteroatoms. The first-order valence-corrected chi connectivity index (χ1v) is 9.16. The van der Waals surface area contributed by atoms with Crippen LogP contribution in [0, 0.1) is 0 Å². The van der Waals surface area contributed by atoms with Crippen molar-refractivity contribution in [2.45, 2.75) is 12.8 Å². The van der Waals surface area contributed by atoms with Gasteiger partial charge in [0, 0.05) is 42.4 Å². The minimum absolute atomic E-state index is 0.530. The summed E-state index contributed by atoms with van der Waals surface area (Å²) in [6.45, 7) is 2.30. The van der Waals surface area contributed by atoms with Gasteiger partial charge in [-0.3, -0.25) is 0 Å². The lowest BCUT2D eigenvalue weighted by molar-refractivity contribution is 0.415. The summed E-state index contributed by atoms with van der Waals surface area (Å²) in [6, 6.07) is 18.0. The van der Waals surface area contributed by atoms with Crippen molar-refractivity contribution in [3.05, 3.63) is 60.8 Å². The molecule has 0 spiro atoms. The zero-order chi connectivity index (χ0) is 18.5. The normalized spacial score (nSPS) is 13.4. The maximum Gasteiger partial charge on any atom is 0.229 e. The van der Waals surface area contributed by atoms with Gasteiger partial charge in [-0.05, 0) is 55.3 Å². The van der Waals surface area contributed by atoms with Crippen molar-refractivity contribution < 1.29 is 4.74 Å². The number of rotatable bonds is 6. The number of ether oxygens (including phenoxy) is 1. The molecular weight excluding hydrogens is 338 g/mol. The van der Waals surface area contributed by atoms with E-state index in [-0.39, 0.29) is 0 Å². The number of hydrogen-bond donors (Lipinski definition) is 2. The monoisotopic (exact) mass is 361 g/mol. The molecule has 1 aliphatic rings. The maximum atomic E-state index is 5.25. The third-order valence-corrected chi connectivity index (χ3v) is 4.59. The van der Waals surface area contributed by atoms with Crippen molar-refractivity contribution in [3.63, 3.8) is 0 Å². The first-order valence-electron chi connectivity index (χ1n) is 9.16. The van der Waals surface area contributed by atoms with Gasteiger partial charge >= 0.3 is 0 Å². The van der Waals surface area contributed by atoms with Crippen LogP contribution in [0.5, 0.6) is 5.75 Å². The van der Waals surface area contributed by atoms with Crippen LogP contribution in [0.4, 0.5) is 28.8 Å². The number of aromatic nitrogens is 2. The van der Waals surface area contributed by atoms with Crippen molar-refractivity contribution in [1.29, 1.82) is 0 Å². The highest BCUT2D eigenvalue weighted by Crippen LogP contribution is 2.24. The molecule has 1 aromatic heterocycles. The summed E-state index contributed by atoms with van der Waals surface area (Å²) in [4.78, 5) is 11.2. The van der Waals surface area contributed by atoms with Gasteiger partial charge in [0.1, 0.15) is 11.6 Å². The van der Waals surface area contributed by atoms with E-state index in [1.807, 2.05) is 30.3 Å². The van der Waals surface area contributed by atoms with Crippen molar-refractivity contribution in [1.82, 2.24) is 9.97 Å². The fourth-order valence-electron chi connectivity index (χ4n) is 3.20. The molecular formula is C21H23N5O. The summed E-state index contributed by atoms with van der Waals surface area (Å²) in [7, 11) is 1.65. The van der Waals surface area contributed by atoms with E-state index in [2.05, 4.69) is 49.8 Å². The standard InChI is InChI=1S/C21H23N5O/c1-27-19-6-4-5-17(15-19)24-21-22-12-11-20(25-21)23-16-7-9-18(10-8-16)26-13-2-3-14-26/h4-12,15H,2-3,13-14H2,1H3,(H2,22,23,24,25). The molecule has 27 heavy (non-hydrogen) atoms. The molecule has 4 rings (SSSR count). The topological polar surface area (TPSA) is 62.3 Å². The van der Waals surface area contributed by atoms with Gasteiger partial charge in [-0.1, -0.05) is 6.07 Å². The summed E-state index contributed by atoms with van der Waals surface area (Å²) in [5.74, 6) is 2.05. The van der Waals surface area contributed by atoms with Crippen molar-refractivity contribution in [3.8, 4) is 5.75 Å². The van der Waals surface area contributed by atoms with Crippen LogP contribution in [0.15, 0.2) is 60.8 Å². The Morgan fingerprint density at radius 2 is 1.74 bits per heavy atom. The second-order valence-electron chi connectivity index (χ2n) is 6.49. The molecule has 0 aliphatic carbocycles. The minimum atomic E-state index is 0.530. The van der Waals surface area contributed by atoms with E-state index < -0.39 is 0 Å². The molecule has 0 unspecified atom stereocenters. The first-order chi connectivity index (χ1) is 13.3. The predicted molar refractivity (Wildman–Crippen MR) is 109 cm³/mol. The Kier molecular flexibility index (Phi) is 5.05. The molecule has 1 saturated heterocycles. The van der Waals surface area contributed by atoms with Crippen LogP contribution in [0.25, 0.3) is 0 Å². The van der Waals surface area contributed by atoms with Gasteiger partial charge in [0.05, 0.1) is 7.11 Å². The van der Waals surface area contributed by atoms with E-state index in [4.69, 9.17) is 4.74 Å². The van der Waals surface area contributed by atoms with Crippen LogP contribution in [-0.4, -0.2) is 30.2 Å². The van der Waals surface area contributed by atoms with Crippen molar-refractivity contribution in [2.75, 3.05) is 35.7 Å². The molecule has 6 nitrogen and oxygen atoms in total. The molecule has 2 aromatic carbocycles. The Morgan fingerprint density at radius 3 is 2.52 bits per heavy atom. The number of methoxy groups -OCH3 is 1. The van der Waals surface area contributed by atoms with E-state index >= 15 is 0 Å². The lowest BCUT2D eigenvalue weighted by Crippen LogP contribution is -2.17. The summed E-state index contributed by atoms with van der Waals surface area (Å²) in [5.41, 5.74) is 3.16. The van der Waals surface area contributed by atoms with E-state index in [0.29, 0.717) is 5.95 Å².